The first-order valence-corrected chi connectivity index (χ1v) is 9.51. The number of rotatable bonds is 1. The summed E-state index contributed by atoms with van der Waals surface area (Å²) in [7, 11) is 0. The molecule has 0 aromatic rings. The summed E-state index contributed by atoms with van der Waals surface area (Å²) in [6.07, 6.45) is 8.89. The molecule has 2 aliphatic heterocycles. The van der Waals surface area contributed by atoms with Gasteiger partial charge in [-0.3, -0.25) is 14.6 Å². The molecule has 3 amide bonds. The van der Waals surface area contributed by atoms with E-state index in [2.05, 4.69) is 19.2 Å². The average molecular weight is 364 g/mol. The Balaban J connectivity index is 2.23. The molecule has 0 aromatic carbocycles. The van der Waals surface area contributed by atoms with Crippen LogP contribution in [0.4, 0.5) is 4.79 Å². The normalized spacial score (nSPS) is 28.2. The van der Waals surface area contributed by atoms with Gasteiger partial charge in [0, 0.05) is 13.1 Å². The fourth-order valence-electron chi connectivity index (χ4n) is 3.67. The predicted molar refractivity (Wildman–Crippen MR) is 100 cm³/mol. The lowest BCUT2D eigenvalue weighted by molar-refractivity contribution is -0.128. The number of carbonyl (C=O) groups excluding carboxylic acids is 3. The maximum atomic E-state index is 12.8. The van der Waals surface area contributed by atoms with Crippen molar-refractivity contribution < 1.29 is 14.4 Å². The highest BCUT2D eigenvalue weighted by Crippen LogP contribution is 2.26. The fourth-order valence-corrected chi connectivity index (χ4v) is 3.67. The number of carbonyl (C=O) groups is 3. The fraction of sp³-hybridized carbons (Fsp3) is 0.737. The van der Waals surface area contributed by atoms with Crippen molar-refractivity contribution in [1.29, 1.82) is 0 Å². The van der Waals surface area contributed by atoms with Crippen molar-refractivity contribution in [1.82, 2.24) is 15.2 Å². The highest BCUT2D eigenvalue weighted by atomic mass is 16.2. The molecule has 1 saturated heterocycles. The Morgan fingerprint density at radius 3 is 2.69 bits per heavy atom. The number of fused-ring (bicyclic) bond motifs is 1. The first-order valence-electron chi connectivity index (χ1n) is 9.51. The number of allylic oxidation sites excluding steroid dienone is 1. The minimum Gasteiger partial charge on any atom is -0.341 e. The van der Waals surface area contributed by atoms with Gasteiger partial charge in [0.2, 0.25) is 5.91 Å². The smallest absolute Gasteiger partial charge is 0.334 e. The van der Waals surface area contributed by atoms with E-state index < -0.39 is 12.1 Å². The van der Waals surface area contributed by atoms with Crippen molar-refractivity contribution in [2.75, 3.05) is 13.1 Å². The van der Waals surface area contributed by atoms with Crippen LogP contribution in [0, 0.1) is 5.41 Å². The Bertz CT molecular complexity index is 573. The third kappa shape index (κ3) is 5.30. The van der Waals surface area contributed by atoms with Crippen molar-refractivity contribution >= 4 is 17.7 Å². The molecule has 2 atom stereocenters. The van der Waals surface area contributed by atoms with E-state index >= 15 is 0 Å². The van der Waals surface area contributed by atoms with Gasteiger partial charge in [0.1, 0.15) is 12.1 Å². The second kappa shape index (κ2) is 8.66. The zero-order valence-corrected chi connectivity index (χ0v) is 16.2. The molecule has 26 heavy (non-hydrogen) atoms. The van der Waals surface area contributed by atoms with Gasteiger partial charge < -0.3 is 10.2 Å². The summed E-state index contributed by atoms with van der Waals surface area (Å²) in [5.74, 6) is 5.65. The van der Waals surface area contributed by atoms with Gasteiger partial charge in [-0.15, -0.1) is 0 Å². The summed E-state index contributed by atoms with van der Waals surface area (Å²) in [6, 6.07) is -1.53. The molecule has 2 rings (SSSR count). The molecule has 0 aliphatic carbocycles. The molecule has 2 unspecified atom stereocenters. The summed E-state index contributed by atoms with van der Waals surface area (Å²) in [5.41, 5.74) is -0.0896. The predicted octanol–water partition coefficient (Wildman–Crippen LogP) is 1.98. The van der Waals surface area contributed by atoms with Gasteiger partial charge in [0.25, 0.3) is 0 Å². The number of nitrogens with two attached hydrogens (primary N) is 1. The molecule has 0 saturated carbocycles. The molecule has 2 heterocycles. The van der Waals surface area contributed by atoms with Crippen LogP contribution < -0.4 is 11.2 Å². The number of amides is 3. The number of hydrazine groups is 1. The van der Waals surface area contributed by atoms with E-state index in [1.165, 1.54) is 16.8 Å². The molecule has 146 valence electrons. The molecule has 0 aromatic heterocycles. The van der Waals surface area contributed by atoms with Crippen molar-refractivity contribution in [3.05, 3.63) is 12.2 Å². The zero-order valence-electron chi connectivity index (χ0n) is 16.2. The minimum atomic E-state index is -0.643. The van der Waals surface area contributed by atoms with Crippen LogP contribution in [-0.2, 0) is 9.59 Å². The number of hydrogen-bond acceptors (Lipinski definition) is 4. The molecule has 0 bridgehead atoms. The van der Waals surface area contributed by atoms with E-state index in [-0.39, 0.29) is 23.1 Å². The topological polar surface area (TPSA) is 95.7 Å². The van der Waals surface area contributed by atoms with Gasteiger partial charge in [0.05, 0.1) is 0 Å². The number of nitrogens with one attached hydrogen (secondary N) is 1. The van der Waals surface area contributed by atoms with E-state index in [1.54, 1.807) is 6.08 Å². The van der Waals surface area contributed by atoms with Crippen LogP contribution in [0.1, 0.15) is 59.3 Å². The molecular formula is C19H32N4O3. The van der Waals surface area contributed by atoms with Crippen molar-refractivity contribution in [2.24, 2.45) is 11.3 Å². The lowest BCUT2D eigenvalue weighted by atomic mass is 9.86. The molecule has 1 fully saturated rings. The van der Waals surface area contributed by atoms with Gasteiger partial charge in [0.15, 0.2) is 5.78 Å². The van der Waals surface area contributed by atoms with Gasteiger partial charge >= 0.3 is 6.03 Å². The third-order valence-electron chi connectivity index (χ3n) is 5.18. The van der Waals surface area contributed by atoms with Crippen LogP contribution in [0.3, 0.4) is 0 Å². The third-order valence-corrected chi connectivity index (χ3v) is 5.18. The van der Waals surface area contributed by atoms with Crippen LogP contribution in [0.5, 0.6) is 0 Å². The van der Waals surface area contributed by atoms with Crippen molar-refractivity contribution in [3.8, 4) is 0 Å². The number of ketones is 1. The van der Waals surface area contributed by atoms with E-state index in [0.29, 0.717) is 19.5 Å². The van der Waals surface area contributed by atoms with E-state index in [0.717, 1.165) is 32.1 Å². The van der Waals surface area contributed by atoms with Crippen LogP contribution in [0.25, 0.3) is 0 Å². The Morgan fingerprint density at radius 2 is 2.00 bits per heavy atom. The number of Topliss-reactive ketones (excluding diaryl/α,β-unsaturated/α-hetero) is 1. The van der Waals surface area contributed by atoms with Gasteiger partial charge in [-0.1, -0.05) is 32.4 Å². The lowest BCUT2D eigenvalue weighted by Crippen LogP contribution is -2.56. The van der Waals surface area contributed by atoms with Crippen LogP contribution in [0.2, 0.25) is 0 Å². The number of nitrogens with zero attached hydrogens (tertiary/aromatic N) is 2. The summed E-state index contributed by atoms with van der Waals surface area (Å²) in [4.78, 5) is 38.8. The van der Waals surface area contributed by atoms with Gasteiger partial charge in [-0.25, -0.2) is 10.6 Å². The van der Waals surface area contributed by atoms with Gasteiger partial charge in [-0.05, 0) is 44.4 Å². The maximum Gasteiger partial charge on any atom is 0.334 e. The second-order valence-corrected chi connectivity index (χ2v) is 8.20. The van der Waals surface area contributed by atoms with Crippen LogP contribution >= 0.6 is 0 Å². The molecule has 3 N–H and O–H groups in total. The summed E-state index contributed by atoms with van der Waals surface area (Å²) >= 11 is 0. The van der Waals surface area contributed by atoms with Gasteiger partial charge in [-0.2, -0.15) is 0 Å². The highest BCUT2D eigenvalue weighted by molar-refractivity contribution is 5.93. The Labute approximate surface area is 155 Å². The summed E-state index contributed by atoms with van der Waals surface area (Å²) < 4.78 is 0. The molecule has 0 spiro atoms. The zero-order chi connectivity index (χ0) is 19.3. The Hall–Kier alpha value is -1.89. The quantitative estimate of drug-likeness (QED) is 0.422. The Kier molecular flexibility index (Phi) is 6.81. The maximum absolute atomic E-state index is 12.8. The molecule has 0 radical (unpaired) electrons. The first kappa shape index (κ1) is 20.4. The van der Waals surface area contributed by atoms with E-state index in [1.807, 2.05) is 6.08 Å². The van der Waals surface area contributed by atoms with Crippen molar-refractivity contribution in [2.45, 2.75) is 71.4 Å². The first-order chi connectivity index (χ1) is 12.2. The standard InChI is InChI=1S/C19H32N4O3/c1-14(24)15-9-6-4-5-7-11-19(2,3)13-23(20)18(26)22-12-8-10-16(22)17(25)21-15/h6,9,15-16H,4-5,7-8,10-13,20H2,1-3H3,(H,21,25). The van der Waals surface area contributed by atoms with E-state index in [4.69, 9.17) is 5.84 Å². The minimum absolute atomic E-state index is 0.0896. The molecule has 2 aliphatic rings. The molecule has 7 heteroatoms. The lowest BCUT2D eigenvalue weighted by Gasteiger charge is -2.34. The summed E-state index contributed by atoms with van der Waals surface area (Å²) in [6.45, 7) is 6.63. The Morgan fingerprint density at radius 1 is 1.27 bits per heavy atom. The largest absolute Gasteiger partial charge is 0.341 e. The second-order valence-electron chi connectivity index (χ2n) is 8.20. The summed E-state index contributed by atoms with van der Waals surface area (Å²) in [5, 5.41) is 4.02. The van der Waals surface area contributed by atoms with Crippen LogP contribution in [-0.4, -0.2) is 52.8 Å². The monoisotopic (exact) mass is 364 g/mol. The average Bonchev–Trinajstić information content (AvgIpc) is 3.04. The van der Waals surface area contributed by atoms with Crippen molar-refractivity contribution in [3.63, 3.8) is 0 Å². The molecule has 7 nitrogen and oxygen atoms in total. The number of hydrogen-bond donors (Lipinski definition) is 2. The highest BCUT2D eigenvalue weighted by Gasteiger charge is 2.37. The van der Waals surface area contributed by atoms with Crippen LogP contribution in [0.15, 0.2) is 12.2 Å². The SMILES string of the molecule is CC(=O)C1C=CCCCCC(C)(C)CN(N)C(=O)N2CCCC2C(=O)N1. The molecular weight excluding hydrogens is 332 g/mol. The van der Waals surface area contributed by atoms with E-state index in [9.17, 15) is 14.4 Å². The number of urea groups is 1.